The van der Waals surface area contributed by atoms with E-state index in [1.165, 1.54) is 12.8 Å². The number of unbranched alkanes of at least 4 members (excludes halogenated alkanes) is 2. The van der Waals surface area contributed by atoms with E-state index in [0.717, 1.165) is 12.8 Å². The normalized spacial score (nSPS) is 16.9. The minimum Gasteiger partial charge on any atom is -0.506 e. The summed E-state index contributed by atoms with van der Waals surface area (Å²) in [5.41, 5.74) is 0.596. The fourth-order valence-corrected chi connectivity index (χ4v) is 2.37. The van der Waals surface area contributed by atoms with Crippen LogP contribution in [0.15, 0.2) is 35.2 Å². The molecule has 0 amide bonds. The van der Waals surface area contributed by atoms with Crippen LogP contribution in [0.5, 0.6) is 0 Å². The van der Waals surface area contributed by atoms with E-state index in [1.807, 2.05) is 4.90 Å². The summed E-state index contributed by atoms with van der Waals surface area (Å²) in [6.45, 7) is 4.51. The van der Waals surface area contributed by atoms with Crippen molar-refractivity contribution in [3.05, 3.63) is 35.9 Å². The lowest BCUT2D eigenvalue weighted by molar-refractivity contribution is 0.236. The molecule has 0 radical (unpaired) electrons. The smallest absolute Gasteiger partial charge is 0.253 e. The van der Waals surface area contributed by atoms with E-state index in [-0.39, 0.29) is 24.2 Å². The highest BCUT2D eigenvalue weighted by Crippen LogP contribution is 2.20. The molecule has 6 heteroatoms. The second kappa shape index (κ2) is 7.06. The van der Waals surface area contributed by atoms with Crippen LogP contribution in [0.4, 0.5) is 0 Å². The summed E-state index contributed by atoms with van der Waals surface area (Å²) in [5.74, 6) is 0.111. The number of aliphatic hydroxyl groups is 2. The first-order chi connectivity index (χ1) is 10.1. The zero-order valence-corrected chi connectivity index (χ0v) is 12.5. The second-order valence-electron chi connectivity index (χ2n) is 5.27. The van der Waals surface area contributed by atoms with E-state index in [9.17, 15) is 10.2 Å². The lowest BCUT2D eigenvalue weighted by Crippen LogP contribution is -2.43. The van der Waals surface area contributed by atoms with E-state index in [4.69, 9.17) is 0 Å². The highest BCUT2D eigenvalue weighted by atomic mass is 16.3. The van der Waals surface area contributed by atoms with Crippen molar-refractivity contribution >= 4 is 5.84 Å². The zero-order chi connectivity index (χ0) is 15.2. The van der Waals surface area contributed by atoms with Gasteiger partial charge >= 0.3 is 0 Å². The van der Waals surface area contributed by atoms with Crippen LogP contribution in [0.2, 0.25) is 0 Å². The van der Waals surface area contributed by atoms with Gasteiger partial charge in [0.25, 0.3) is 5.88 Å². The summed E-state index contributed by atoms with van der Waals surface area (Å²) >= 11 is 0. The maximum Gasteiger partial charge on any atom is 0.253 e. The molecule has 1 aliphatic heterocycles. The van der Waals surface area contributed by atoms with Gasteiger partial charge in [-0.1, -0.05) is 26.2 Å². The van der Waals surface area contributed by atoms with Crippen LogP contribution in [-0.4, -0.2) is 43.5 Å². The van der Waals surface area contributed by atoms with Gasteiger partial charge in [0.05, 0.1) is 12.7 Å². The van der Waals surface area contributed by atoms with Crippen LogP contribution in [0.3, 0.4) is 0 Å². The molecule has 0 bridgehead atoms. The van der Waals surface area contributed by atoms with Gasteiger partial charge in [0.2, 0.25) is 0 Å². The molecule has 0 aliphatic carbocycles. The van der Waals surface area contributed by atoms with E-state index >= 15 is 0 Å². The molecule has 2 N–H and O–H groups in total. The Kier molecular flexibility index (Phi) is 5.14. The van der Waals surface area contributed by atoms with Crippen LogP contribution in [0.25, 0.3) is 0 Å². The Hall–Kier alpha value is -2.11. The Morgan fingerprint density at radius 2 is 2.10 bits per heavy atom. The second-order valence-corrected chi connectivity index (χ2v) is 5.27. The molecule has 0 spiro atoms. The number of aromatic nitrogens is 2. The van der Waals surface area contributed by atoms with Crippen molar-refractivity contribution in [2.75, 3.05) is 6.54 Å². The molecule has 2 rings (SSSR count). The number of rotatable bonds is 6. The monoisotopic (exact) mass is 290 g/mol. The molecular formula is C15H22N4O2. The van der Waals surface area contributed by atoms with Crippen LogP contribution in [0, 0.1) is 0 Å². The minimum atomic E-state index is -0.340. The number of hydrogen-bond acceptors (Lipinski definition) is 6. The standard InChI is InChI=1S/C15H22N4O2/c1-3-4-5-6-11(2)19-10-13(20)15(21)18-14(19)12-9-16-7-8-17-12/h7-9,11,20-21H,3-6,10H2,1-2H3. The van der Waals surface area contributed by atoms with Gasteiger partial charge in [-0.15, -0.1) is 0 Å². The van der Waals surface area contributed by atoms with Crippen molar-refractivity contribution in [2.45, 2.75) is 45.6 Å². The van der Waals surface area contributed by atoms with Gasteiger partial charge in [-0.2, -0.15) is 4.99 Å². The Labute approximate surface area is 124 Å². The van der Waals surface area contributed by atoms with Gasteiger partial charge in [-0.3, -0.25) is 4.98 Å². The van der Waals surface area contributed by atoms with Gasteiger partial charge in [-0.25, -0.2) is 4.98 Å². The van der Waals surface area contributed by atoms with E-state index in [0.29, 0.717) is 11.5 Å². The summed E-state index contributed by atoms with van der Waals surface area (Å²) < 4.78 is 0. The summed E-state index contributed by atoms with van der Waals surface area (Å²) in [6, 6.07) is 0.201. The molecule has 21 heavy (non-hydrogen) atoms. The highest BCUT2D eigenvalue weighted by Gasteiger charge is 2.27. The van der Waals surface area contributed by atoms with Gasteiger partial charge < -0.3 is 15.1 Å². The number of hydrogen-bond donors (Lipinski definition) is 2. The minimum absolute atomic E-state index is 0.106. The Morgan fingerprint density at radius 1 is 1.29 bits per heavy atom. The maximum atomic E-state index is 9.78. The van der Waals surface area contributed by atoms with Crippen molar-refractivity contribution < 1.29 is 10.2 Å². The third-order valence-corrected chi connectivity index (χ3v) is 3.61. The molecule has 6 nitrogen and oxygen atoms in total. The van der Waals surface area contributed by atoms with Crippen LogP contribution in [0.1, 0.15) is 45.2 Å². The Bertz CT molecular complexity index is 528. The van der Waals surface area contributed by atoms with Crippen LogP contribution in [-0.2, 0) is 0 Å². The quantitative estimate of drug-likeness (QED) is 0.787. The zero-order valence-electron chi connectivity index (χ0n) is 12.5. The molecule has 1 aromatic rings. The third kappa shape index (κ3) is 3.71. The first-order valence-corrected chi connectivity index (χ1v) is 7.36. The molecule has 1 aliphatic rings. The van der Waals surface area contributed by atoms with Crippen molar-refractivity contribution in [2.24, 2.45) is 4.99 Å². The molecule has 114 valence electrons. The number of amidine groups is 1. The molecule has 0 saturated heterocycles. The molecule has 1 atom stereocenters. The molecule has 0 fully saturated rings. The van der Waals surface area contributed by atoms with Crippen molar-refractivity contribution in [1.29, 1.82) is 0 Å². The summed E-state index contributed by atoms with van der Waals surface area (Å²) in [7, 11) is 0. The van der Waals surface area contributed by atoms with Crippen molar-refractivity contribution in [3.8, 4) is 0 Å². The van der Waals surface area contributed by atoms with Crippen LogP contribution < -0.4 is 0 Å². The fraction of sp³-hybridized carbons (Fsp3) is 0.533. The average Bonchev–Trinajstić information content (AvgIpc) is 2.50. The van der Waals surface area contributed by atoms with E-state index < -0.39 is 0 Å². The highest BCUT2D eigenvalue weighted by molar-refractivity contribution is 5.98. The van der Waals surface area contributed by atoms with Gasteiger partial charge in [-0.05, 0) is 13.3 Å². The number of aliphatic hydroxyl groups excluding tert-OH is 2. The fourth-order valence-electron chi connectivity index (χ4n) is 2.37. The lowest BCUT2D eigenvalue weighted by Gasteiger charge is -2.33. The average molecular weight is 290 g/mol. The molecular weight excluding hydrogens is 268 g/mol. The molecule has 0 aromatic carbocycles. The Morgan fingerprint density at radius 3 is 2.76 bits per heavy atom. The van der Waals surface area contributed by atoms with E-state index in [2.05, 4.69) is 28.8 Å². The largest absolute Gasteiger partial charge is 0.506 e. The predicted octanol–water partition coefficient (Wildman–Crippen LogP) is 2.79. The predicted molar refractivity (Wildman–Crippen MR) is 81.2 cm³/mol. The van der Waals surface area contributed by atoms with Gasteiger partial charge in [0.15, 0.2) is 11.6 Å². The number of nitrogens with zero attached hydrogens (tertiary/aromatic N) is 4. The summed E-state index contributed by atoms with van der Waals surface area (Å²) in [4.78, 5) is 14.3. The molecule has 2 heterocycles. The van der Waals surface area contributed by atoms with Gasteiger partial charge in [0.1, 0.15) is 5.69 Å². The molecule has 1 aromatic heterocycles. The van der Waals surface area contributed by atoms with Crippen molar-refractivity contribution in [3.63, 3.8) is 0 Å². The topological polar surface area (TPSA) is 81.8 Å². The first-order valence-electron chi connectivity index (χ1n) is 7.36. The molecule has 1 unspecified atom stereocenters. The number of aliphatic imine (C=N–C) groups is 1. The van der Waals surface area contributed by atoms with E-state index in [1.54, 1.807) is 18.6 Å². The lowest BCUT2D eigenvalue weighted by atomic mass is 10.1. The summed E-state index contributed by atoms with van der Waals surface area (Å²) in [6.07, 6.45) is 9.27. The molecule has 0 saturated carbocycles. The first kappa shape index (κ1) is 15.3. The van der Waals surface area contributed by atoms with Crippen molar-refractivity contribution in [1.82, 2.24) is 14.9 Å². The van der Waals surface area contributed by atoms with Gasteiger partial charge in [0, 0.05) is 18.4 Å². The third-order valence-electron chi connectivity index (χ3n) is 3.61. The maximum absolute atomic E-state index is 9.78. The SMILES string of the molecule is CCCCCC(C)N1CC(O)=C(O)N=C1c1cnccn1. The summed E-state index contributed by atoms with van der Waals surface area (Å²) in [5, 5.41) is 19.5. The van der Waals surface area contributed by atoms with Crippen LogP contribution >= 0.6 is 0 Å². The Balaban J connectivity index is 2.21.